The van der Waals surface area contributed by atoms with Crippen LogP contribution in [-0.2, 0) is 0 Å². The van der Waals surface area contributed by atoms with Gasteiger partial charge in [-0.3, -0.25) is 4.79 Å². The predicted octanol–water partition coefficient (Wildman–Crippen LogP) is 1.32. The Kier molecular flexibility index (Phi) is 3.64. The van der Waals surface area contributed by atoms with Gasteiger partial charge in [-0.25, -0.2) is 9.97 Å². The summed E-state index contributed by atoms with van der Waals surface area (Å²) in [6.07, 6.45) is 5.81. The summed E-state index contributed by atoms with van der Waals surface area (Å²) < 4.78 is 0. The molecular formula is C10H10ClN3O. The fourth-order valence-corrected chi connectivity index (χ4v) is 1.39. The molecule has 0 aliphatic heterocycles. The van der Waals surface area contributed by atoms with Crippen LogP contribution in [0, 0.1) is 19.3 Å². The third-order valence-electron chi connectivity index (χ3n) is 1.80. The van der Waals surface area contributed by atoms with E-state index in [1.165, 1.54) is 0 Å². The maximum absolute atomic E-state index is 10.8. The van der Waals surface area contributed by atoms with Crippen LogP contribution in [0.25, 0.3) is 0 Å². The minimum absolute atomic E-state index is 0.149. The van der Waals surface area contributed by atoms with Crippen LogP contribution in [0.1, 0.15) is 16.2 Å². The van der Waals surface area contributed by atoms with Crippen molar-refractivity contribution in [2.24, 2.45) is 0 Å². The van der Waals surface area contributed by atoms with Crippen LogP contribution in [0.4, 0.5) is 5.82 Å². The molecule has 0 saturated heterocycles. The Hall–Kier alpha value is -1.60. The van der Waals surface area contributed by atoms with E-state index in [0.29, 0.717) is 24.5 Å². The summed E-state index contributed by atoms with van der Waals surface area (Å²) in [7, 11) is 1.74. The number of terminal acetylenes is 1. The van der Waals surface area contributed by atoms with E-state index in [9.17, 15) is 4.79 Å². The summed E-state index contributed by atoms with van der Waals surface area (Å²) in [6, 6.07) is 0. The van der Waals surface area contributed by atoms with E-state index in [0.717, 1.165) is 0 Å². The summed E-state index contributed by atoms with van der Waals surface area (Å²) in [6.45, 7) is 2.06. The third kappa shape index (κ3) is 2.45. The van der Waals surface area contributed by atoms with Gasteiger partial charge in [-0.15, -0.1) is 6.42 Å². The maximum atomic E-state index is 10.8. The summed E-state index contributed by atoms with van der Waals surface area (Å²) in [5.74, 6) is 3.43. The highest BCUT2D eigenvalue weighted by Gasteiger charge is 2.13. The lowest BCUT2D eigenvalue weighted by molar-refractivity contribution is 0.112. The minimum atomic E-state index is 0.149. The number of carbonyl (C=O) groups is 1. The second-order valence-electron chi connectivity index (χ2n) is 2.98. The maximum Gasteiger partial charge on any atom is 0.156 e. The Bertz CT molecular complexity index is 425. The zero-order valence-corrected chi connectivity index (χ0v) is 9.25. The zero-order chi connectivity index (χ0) is 11.4. The molecule has 0 saturated carbocycles. The fourth-order valence-electron chi connectivity index (χ4n) is 1.14. The van der Waals surface area contributed by atoms with Crippen LogP contribution in [0.15, 0.2) is 0 Å². The largest absolute Gasteiger partial charge is 0.348 e. The quantitative estimate of drug-likeness (QED) is 0.441. The number of hydrogen-bond acceptors (Lipinski definition) is 4. The Balaban J connectivity index is 3.26. The number of aromatic nitrogens is 2. The average molecular weight is 224 g/mol. The number of nitrogens with zero attached hydrogens (tertiary/aromatic N) is 3. The van der Waals surface area contributed by atoms with Gasteiger partial charge < -0.3 is 4.90 Å². The number of hydrogen-bond donors (Lipinski definition) is 0. The van der Waals surface area contributed by atoms with Crippen LogP contribution in [-0.4, -0.2) is 29.8 Å². The van der Waals surface area contributed by atoms with E-state index in [4.69, 9.17) is 18.0 Å². The lowest BCUT2D eigenvalue weighted by Gasteiger charge is -2.17. The molecule has 0 N–H and O–H groups in total. The first kappa shape index (κ1) is 11.5. The van der Waals surface area contributed by atoms with Gasteiger partial charge in [0.05, 0.1) is 12.1 Å². The van der Waals surface area contributed by atoms with Crippen molar-refractivity contribution in [2.75, 3.05) is 18.5 Å². The van der Waals surface area contributed by atoms with Crippen molar-refractivity contribution in [1.29, 1.82) is 0 Å². The second-order valence-corrected chi connectivity index (χ2v) is 3.33. The molecule has 0 aliphatic carbocycles. The first-order chi connectivity index (χ1) is 7.10. The summed E-state index contributed by atoms with van der Waals surface area (Å²) >= 11 is 5.82. The van der Waals surface area contributed by atoms with Gasteiger partial charge >= 0.3 is 0 Å². The number of carbonyl (C=O) groups excluding carboxylic acids is 1. The molecule has 0 spiro atoms. The number of halogens is 1. The van der Waals surface area contributed by atoms with Crippen LogP contribution in [0.5, 0.6) is 0 Å². The normalized spacial score (nSPS) is 9.47. The van der Waals surface area contributed by atoms with E-state index in [1.807, 2.05) is 0 Å². The highest BCUT2D eigenvalue weighted by Crippen LogP contribution is 2.21. The van der Waals surface area contributed by atoms with Gasteiger partial charge in [-0.2, -0.15) is 0 Å². The van der Waals surface area contributed by atoms with Crippen molar-refractivity contribution in [3.8, 4) is 12.3 Å². The van der Waals surface area contributed by atoms with Gasteiger partial charge in [-0.05, 0) is 6.92 Å². The SMILES string of the molecule is C#CCN(C)c1nc(C)nc(Cl)c1C=O. The molecule has 1 rings (SSSR count). The Morgan fingerprint density at radius 3 is 2.80 bits per heavy atom. The van der Waals surface area contributed by atoms with E-state index >= 15 is 0 Å². The molecule has 0 aliphatic rings. The van der Waals surface area contributed by atoms with Gasteiger partial charge in [0.1, 0.15) is 16.8 Å². The second kappa shape index (κ2) is 4.76. The van der Waals surface area contributed by atoms with Crippen molar-refractivity contribution in [3.05, 3.63) is 16.5 Å². The van der Waals surface area contributed by atoms with E-state index in [2.05, 4.69) is 15.9 Å². The van der Waals surface area contributed by atoms with Crippen molar-refractivity contribution >= 4 is 23.7 Å². The molecule has 15 heavy (non-hydrogen) atoms. The van der Waals surface area contributed by atoms with Crippen LogP contribution in [0.2, 0.25) is 5.15 Å². The number of anilines is 1. The number of aryl methyl sites for hydroxylation is 1. The summed E-state index contributed by atoms with van der Waals surface area (Å²) in [4.78, 5) is 20.5. The van der Waals surface area contributed by atoms with Crippen LogP contribution in [0.3, 0.4) is 0 Å². The summed E-state index contributed by atoms with van der Waals surface area (Å²) in [5.41, 5.74) is 0.264. The standard InChI is InChI=1S/C10H10ClN3O/c1-4-5-14(3)10-8(6-15)9(11)12-7(2)13-10/h1,6H,5H2,2-3H3. The molecule has 0 amide bonds. The molecular weight excluding hydrogens is 214 g/mol. The first-order valence-electron chi connectivity index (χ1n) is 4.24. The zero-order valence-electron chi connectivity index (χ0n) is 8.49. The smallest absolute Gasteiger partial charge is 0.156 e. The van der Waals surface area contributed by atoms with Gasteiger partial charge in [0, 0.05) is 7.05 Å². The molecule has 0 atom stereocenters. The Morgan fingerprint density at radius 1 is 1.60 bits per heavy atom. The lowest BCUT2D eigenvalue weighted by atomic mass is 10.3. The molecule has 1 aromatic heterocycles. The topological polar surface area (TPSA) is 46.1 Å². The van der Waals surface area contributed by atoms with Crippen molar-refractivity contribution in [1.82, 2.24) is 9.97 Å². The van der Waals surface area contributed by atoms with Gasteiger partial charge in [0.25, 0.3) is 0 Å². The van der Waals surface area contributed by atoms with Crippen molar-refractivity contribution in [3.63, 3.8) is 0 Å². The van der Waals surface area contributed by atoms with Crippen molar-refractivity contribution in [2.45, 2.75) is 6.92 Å². The van der Waals surface area contributed by atoms with Crippen LogP contribution < -0.4 is 4.90 Å². The monoisotopic (exact) mass is 223 g/mol. The highest BCUT2D eigenvalue weighted by molar-refractivity contribution is 6.32. The van der Waals surface area contributed by atoms with Gasteiger partial charge in [-0.1, -0.05) is 17.5 Å². The van der Waals surface area contributed by atoms with Crippen molar-refractivity contribution < 1.29 is 4.79 Å². The first-order valence-corrected chi connectivity index (χ1v) is 4.62. The predicted molar refractivity (Wildman–Crippen MR) is 59.3 cm³/mol. The molecule has 78 valence electrons. The number of aldehydes is 1. The van der Waals surface area contributed by atoms with Gasteiger partial charge in [0.15, 0.2) is 6.29 Å². The molecule has 4 nitrogen and oxygen atoms in total. The fraction of sp³-hybridized carbons (Fsp3) is 0.300. The molecule has 0 aromatic carbocycles. The highest BCUT2D eigenvalue weighted by atomic mass is 35.5. The molecule has 0 radical (unpaired) electrons. The van der Waals surface area contributed by atoms with Crippen LogP contribution >= 0.6 is 11.6 Å². The van der Waals surface area contributed by atoms with E-state index in [-0.39, 0.29) is 10.7 Å². The minimum Gasteiger partial charge on any atom is -0.348 e. The molecule has 1 heterocycles. The van der Waals surface area contributed by atoms with E-state index < -0.39 is 0 Å². The molecule has 1 aromatic rings. The molecule has 0 unspecified atom stereocenters. The Labute approximate surface area is 93.3 Å². The van der Waals surface area contributed by atoms with E-state index in [1.54, 1.807) is 18.9 Å². The number of rotatable bonds is 3. The molecule has 5 heteroatoms. The lowest BCUT2D eigenvalue weighted by Crippen LogP contribution is -2.21. The van der Waals surface area contributed by atoms with Gasteiger partial charge in [0.2, 0.25) is 0 Å². The summed E-state index contributed by atoms with van der Waals surface area (Å²) in [5, 5.41) is 0.149. The molecule has 0 fully saturated rings. The Morgan fingerprint density at radius 2 is 2.27 bits per heavy atom. The molecule has 0 bridgehead atoms. The average Bonchev–Trinajstić information content (AvgIpc) is 2.17. The third-order valence-corrected chi connectivity index (χ3v) is 2.09.